The number of ether oxygens (including phenoxy) is 2. The number of carbonyl (C=O) groups excluding carboxylic acids is 1. The fourth-order valence-corrected chi connectivity index (χ4v) is 2.17. The van der Waals surface area contributed by atoms with E-state index in [1.165, 1.54) is 30.4 Å². The summed E-state index contributed by atoms with van der Waals surface area (Å²) in [5.74, 6) is 0.337. The van der Waals surface area contributed by atoms with Crippen LogP contribution in [0.4, 0.5) is 8.78 Å². The van der Waals surface area contributed by atoms with E-state index in [-0.39, 0.29) is 42.9 Å². The molecule has 0 spiro atoms. The van der Waals surface area contributed by atoms with Crippen molar-refractivity contribution in [2.45, 2.75) is 19.7 Å². The Morgan fingerprint density at radius 3 is 2.60 bits per heavy atom. The van der Waals surface area contributed by atoms with Gasteiger partial charge in [0.05, 0.1) is 19.2 Å². The highest BCUT2D eigenvalue weighted by Crippen LogP contribution is 2.30. The zero-order valence-corrected chi connectivity index (χ0v) is 14.5. The molecule has 0 unspecified atom stereocenters. The summed E-state index contributed by atoms with van der Waals surface area (Å²) in [6.07, 6.45) is 1.33. The number of rotatable bonds is 7. The second-order valence-electron chi connectivity index (χ2n) is 5.03. The van der Waals surface area contributed by atoms with E-state index in [2.05, 4.69) is 4.74 Å². The van der Waals surface area contributed by atoms with Crippen molar-refractivity contribution in [1.82, 2.24) is 4.90 Å². The van der Waals surface area contributed by atoms with Gasteiger partial charge in [-0.3, -0.25) is 4.79 Å². The van der Waals surface area contributed by atoms with Crippen molar-refractivity contribution in [3.63, 3.8) is 0 Å². The molecule has 0 saturated carbocycles. The highest BCUT2D eigenvalue weighted by molar-refractivity contribution is 5.93. The quantitative estimate of drug-likeness (QED) is 0.803. The largest absolute Gasteiger partial charge is 0.493 e. The molecule has 0 aliphatic heterocycles. The van der Waals surface area contributed by atoms with E-state index in [0.29, 0.717) is 16.9 Å². The molecule has 138 valence electrons. The molecule has 2 aromatic rings. The Morgan fingerprint density at radius 2 is 2.04 bits per heavy atom. The summed E-state index contributed by atoms with van der Waals surface area (Å²) in [6.45, 7) is -2.57. The van der Waals surface area contributed by atoms with E-state index in [9.17, 15) is 13.6 Å². The van der Waals surface area contributed by atoms with Gasteiger partial charge in [-0.05, 0) is 23.8 Å². The lowest BCUT2D eigenvalue weighted by Crippen LogP contribution is -2.25. The monoisotopic (exact) mass is 376 g/mol. The van der Waals surface area contributed by atoms with Gasteiger partial charge in [0.1, 0.15) is 12.0 Å². The number of halogens is 3. The standard InChI is InChI=1S/C16H18F2N2O4.ClH/c1-20(15(21)11-6-12(7-19)23-9-11)8-10-3-4-13(22-2)14(5-10)24-16(17)18;/h3-6,9,16H,7-8,19H2,1-2H3;1H. The highest BCUT2D eigenvalue weighted by atomic mass is 35.5. The average Bonchev–Trinajstić information content (AvgIpc) is 3.03. The van der Waals surface area contributed by atoms with Crippen LogP contribution in [0.1, 0.15) is 21.7 Å². The number of alkyl halides is 2. The number of methoxy groups -OCH3 is 1. The minimum absolute atomic E-state index is 0. The molecule has 2 rings (SSSR count). The van der Waals surface area contributed by atoms with E-state index >= 15 is 0 Å². The molecule has 0 aliphatic carbocycles. The molecule has 0 bridgehead atoms. The summed E-state index contributed by atoms with van der Waals surface area (Å²) < 4.78 is 39.4. The molecule has 1 amide bonds. The Hall–Kier alpha value is -2.32. The van der Waals surface area contributed by atoms with Crippen LogP contribution in [0.2, 0.25) is 0 Å². The van der Waals surface area contributed by atoms with Crippen LogP contribution < -0.4 is 15.2 Å². The van der Waals surface area contributed by atoms with Gasteiger partial charge < -0.3 is 24.5 Å². The number of hydrogen-bond donors (Lipinski definition) is 1. The summed E-state index contributed by atoms with van der Waals surface area (Å²) in [6, 6.07) is 6.16. The van der Waals surface area contributed by atoms with Crippen molar-refractivity contribution in [3.05, 3.63) is 47.4 Å². The van der Waals surface area contributed by atoms with Gasteiger partial charge in [0, 0.05) is 13.6 Å². The van der Waals surface area contributed by atoms with Crippen molar-refractivity contribution in [3.8, 4) is 11.5 Å². The van der Waals surface area contributed by atoms with Gasteiger partial charge in [0.2, 0.25) is 0 Å². The Balaban J connectivity index is 0.00000312. The van der Waals surface area contributed by atoms with Gasteiger partial charge in [-0.1, -0.05) is 6.07 Å². The minimum Gasteiger partial charge on any atom is -0.493 e. The summed E-state index contributed by atoms with van der Waals surface area (Å²) in [7, 11) is 2.95. The molecule has 2 N–H and O–H groups in total. The number of hydrogen-bond acceptors (Lipinski definition) is 5. The molecule has 1 aromatic heterocycles. The minimum atomic E-state index is -2.96. The van der Waals surface area contributed by atoms with Gasteiger partial charge in [-0.15, -0.1) is 12.4 Å². The van der Waals surface area contributed by atoms with Crippen LogP contribution in [-0.2, 0) is 13.1 Å². The van der Waals surface area contributed by atoms with Crippen LogP contribution in [0.3, 0.4) is 0 Å². The number of nitrogens with zero attached hydrogens (tertiary/aromatic N) is 1. The summed E-state index contributed by atoms with van der Waals surface area (Å²) >= 11 is 0. The second-order valence-corrected chi connectivity index (χ2v) is 5.03. The van der Waals surface area contributed by atoms with E-state index in [4.69, 9.17) is 14.9 Å². The molecule has 0 fully saturated rings. The maximum absolute atomic E-state index is 12.5. The van der Waals surface area contributed by atoms with Gasteiger partial charge in [0.15, 0.2) is 11.5 Å². The molecule has 0 saturated heterocycles. The average molecular weight is 377 g/mol. The number of amides is 1. The molecular formula is C16H19ClF2N2O4. The summed E-state index contributed by atoms with van der Waals surface area (Å²) in [4.78, 5) is 13.7. The number of furan rings is 1. The first-order valence-corrected chi connectivity index (χ1v) is 7.09. The van der Waals surface area contributed by atoms with E-state index in [1.54, 1.807) is 19.2 Å². The Bertz CT molecular complexity index is 709. The van der Waals surface area contributed by atoms with E-state index < -0.39 is 6.61 Å². The Morgan fingerprint density at radius 1 is 1.32 bits per heavy atom. The first kappa shape index (κ1) is 20.7. The van der Waals surface area contributed by atoms with Gasteiger partial charge >= 0.3 is 6.61 Å². The predicted molar refractivity (Wildman–Crippen MR) is 89.3 cm³/mol. The van der Waals surface area contributed by atoms with Gasteiger partial charge in [-0.2, -0.15) is 8.78 Å². The molecule has 1 heterocycles. The second kappa shape index (κ2) is 9.24. The topological polar surface area (TPSA) is 77.9 Å². The van der Waals surface area contributed by atoms with Crippen LogP contribution in [0.25, 0.3) is 0 Å². The smallest absolute Gasteiger partial charge is 0.387 e. The van der Waals surface area contributed by atoms with Crippen molar-refractivity contribution in [2.24, 2.45) is 5.73 Å². The summed E-state index contributed by atoms with van der Waals surface area (Å²) in [5.41, 5.74) is 6.43. The van der Waals surface area contributed by atoms with Crippen LogP contribution in [0.5, 0.6) is 11.5 Å². The van der Waals surface area contributed by atoms with Crippen LogP contribution >= 0.6 is 12.4 Å². The third-order valence-corrected chi connectivity index (χ3v) is 3.31. The molecule has 6 nitrogen and oxygen atoms in total. The highest BCUT2D eigenvalue weighted by Gasteiger charge is 2.17. The van der Waals surface area contributed by atoms with Gasteiger partial charge in [0.25, 0.3) is 5.91 Å². The first-order valence-electron chi connectivity index (χ1n) is 7.09. The number of benzene rings is 1. The molecular weight excluding hydrogens is 358 g/mol. The van der Waals surface area contributed by atoms with E-state index in [1.807, 2.05) is 0 Å². The molecule has 0 radical (unpaired) electrons. The van der Waals surface area contributed by atoms with Crippen molar-refractivity contribution in [2.75, 3.05) is 14.2 Å². The third-order valence-electron chi connectivity index (χ3n) is 3.31. The maximum atomic E-state index is 12.5. The summed E-state index contributed by atoms with van der Waals surface area (Å²) in [5, 5.41) is 0. The normalized spacial score (nSPS) is 10.3. The van der Waals surface area contributed by atoms with Crippen LogP contribution in [-0.4, -0.2) is 31.6 Å². The van der Waals surface area contributed by atoms with Crippen molar-refractivity contribution < 1.29 is 27.5 Å². The third kappa shape index (κ3) is 5.33. The van der Waals surface area contributed by atoms with Crippen LogP contribution in [0.15, 0.2) is 34.9 Å². The zero-order valence-electron chi connectivity index (χ0n) is 13.7. The molecule has 25 heavy (non-hydrogen) atoms. The number of carbonyl (C=O) groups is 1. The Kier molecular flexibility index (Phi) is 7.66. The van der Waals surface area contributed by atoms with Crippen LogP contribution in [0, 0.1) is 0 Å². The van der Waals surface area contributed by atoms with Crippen molar-refractivity contribution in [1.29, 1.82) is 0 Å². The first-order chi connectivity index (χ1) is 11.4. The zero-order chi connectivity index (χ0) is 17.7. The van der Waals surface area contributed by atoms with Crippen molar-refractivity contribution >= 4 is 18.3 Å². The predicted octanol–water partition coefficient (Wildman–Crippen LogP) is 3.04. The SMILES string of the molecule is COc1ccc(CN(C)C(=O)c2coc(CN)c2)cc1OC(F)F.Cl. The maximum Gasteiger partial charge on any atom is 0.387 e. The molecule has 0 aliphatic rings. The lowest BCUT2D eigenvalue weighted by molar-refractivity contribution is -0.0512. The molecule has 9 heteroatoms. The number of nitrogens with two attached hydrogens (primary N) is 1. The Labute approximate surface area is 149 Å². The van der Waals surface area contributed by atoms with E-state index in [0.717, 1.165) is 0 Å². The molecule has 0 atom stereocenters. The lowest BCUT2D eigenvalue weighted by Gasteiger charge is -2.18. The fraction of sp³-hybridized carbons (Fsp3) is 0.312. The lowest BCUT2D eigenvalue weighted by atomic mass is 10.1. The molecule has 1 aromatic carbocycles. The fourth-order valence-electron chi connectivity index (χ4n) is 2.17. The van der Waals surface area contributed by atoms with Gasteiger partial charge in [-0.25, -0.2) is 0 Å².